The Morgan fingerprint density at radius 1 is 1.00 bits per heavy atom. The van der Waals surface area contributed by atoms with E-state index in [0.29, 0.717) is 0 Å². The summed E-state index contributed by atoms with van der Waals surface area (Å²) in [5, 5.41) is 22.4. The number of hydrogen-bond acceptors (Lipinski definition) is 4. The van der Waals surface area contributed by atoms with E-state index in [4.69, 9.17) is 24.9 Å². The largest absolute Gasteiger partial charge is 0.481 e. The molecule has 5 N–H and O–H groups in total. The molecule has 0 saturated heterocycles. The molecule has 0 bridgehead atoms. The van der Waals surface area contributed by atoms with Crippen molar-refractivity contribution >= 4 is 17.9 Å². The third-order valence-corrected chi connectivity index (χ3v) is 0.175. The molecule has 0 aromatic heterocycles. The van der Waals surface area contributed by atoms with Gasteiger partial charge in [0.2, 0.25) is 0 Å². The van der Waals surface area contributed by atoms with Gasteiger partial charge in [-0.25, -0.2) is 0 Å². The van der Waals surface area contributed by atoms with Gasteiger partial charge in [-0.05, 0) is 0 Å². The van der Waals surface area contributed by atoms with Gasteiger partial charge in [-0.2, -0.15) is 0 Å². The minimum atomic E-state index is -0.968. The molecule has 0 atom stereocenters. The molecule has 0 saturated carbocycles. The quantitative estimate of drug-likeness (QED) is 0.495. The predicted octanol–water partition coefficient (Wildman–Crippen LogP) is -0.791. The molecule has 0 fully saturated rings. The molecule has 14 heavy (non-hydrogen) atoms. The maximum Gasteiger partial charge on any atom is 0.317 e. The van der Waals surface area contributed by atoms with Gasteiger partial charge in [-0.1, -0.05) is 0 Å². The summed E-state index contributed by atoms with van der Waals surface area (Å²) >= 11 is 0. The molecule has 0 unspecified atom stereocenters. The first-order valence-corrected chi connectivity index (χ1v) is 3.04. The van der Waals surface area contributed by atoms with Crippen LogP contribution in [0.3, 0.4) is 0 Å². The van der Waals surface area contributed by atoms with E-state index < -0.39 is 17.9 Å². The summed E-state index contributed by atoms with van der Waals surface area (Å²) in [5.74, 6) is -2.63. The Morgan fingerprint density at radius 3 is 1.07 bits per heavy atom. The molecular formula is C6H13NO6Zr. The van der Waals surface area contributed by atoms with Gasteiger partial charge in [-0.3, -0.25) is 14.4 Å². The number of aliphatic carboxylic acids is 3. The second-order valence-electron chi connectivity index (χ2n) is 1.64. The molecule has 0 radical (unpaired) electrons. The van der Waals surface area contributed by atoms with E-state index in [0.717, 1.165) is 13.8 Å². The fraction of sp³-hybridized carbons (Fsp3) is 0.500. The Kier molecular flexibility index (Phi) is 30.1. The van der Waals surface area contributed by atoms with Gasteiger partial charge in [0.05, 0.1) is 6.54 Å². The molecule has 0 spiro atoms. The fourth-order valence-electron chi connectivity index (χ4n) is 0. The Morgan fingerprint density at radius 2 is 1.07 bits per heavy atom. The number of hydrogen-bond donors (Lipinski definition) is 4. The van der Waals surface area contributed by atoms with Crippen molar-refractivity contribution in [3.05, 3.63) is 0 Å². The van der Waals surface area contributed by atoms with Crippen LogP contribution in [0.2, 0.25) is 0 Å². The standard InChI is InChI=1S/C2H5NO2.2C2H4O2.Zr/c3-1-2(4)5;2*1-2(3)4;/h1,3H2,(H,4,5);2*1H3,(H,3,4);. The SMILES string of the molecule is CC(=O)O.CC(=O)O.NCC(=O)O.[Zr]. The summed E-state index contributed by atoms with van der Waals surface area (Å²) in [6, 6.07) is 0. The van der Waals surface area contributed by atoms with Crippen LogP contribution in [0, 0.1) is 0 Å². The molecule has 0 rings (SSSR count). The van der Waals surface area contributed by atoms with E-state index in [9.17, 15) is 4.79 Å². The summed E-state index contributed by atoms with van der Waals surface area (Å²) in [7, 11) is 0. The van der Waals surface area contributed by atoms with Crippen molar-refractivity contribution in [3.63, 3.8) is 0 Å². The van der Waals surface area contributed by atoms with Gasteiger partial charge >= 0.3 is 5.97 Å². The zero-order chi connectivity index (χ0) is 11.4. The topological polar surface area (TPSA) is 138 Å². The second kappa shape index (κ2) is 18.1. The predicted molar refractivity (Wildman–Crippen MR) is 43.3 cm³/mol. The zero-order valence-electron chi connectivity index (χ0n) is 7.85. The van der Waals surface area contributed by atoms with Gasteiger partial charge in [0, 0.05) is 40.1 Å². The third kappa shape index (κ3) is 753. The second-order valence-corrected chi connectivity index (χ2v) is 1.64. The van der Waals surface area contributed by atoms with Crippen molar-refractivity contribution in [2.24, 2.45) is 5.73 Å². The smallest absolute Gasteiger partial charge is 0.317 e. The molecule has 0 aliphatic carbocycles. The number of rotatable bonds is 1. The molecular weight excluding hydrogens is 273 g/mol. The minimum Gasteiger partial charge on any atom is -0.481 e. The van der Waals surface area contributed by atoms with Crippen molar-refractivity contribution in [3.8, 4) is 0 Å². The third-order valence-electron chi connectivity index (χ3n) is 0.175. The van der Waals surface area contributed by atoms with Gasteiger partial charge < -0.3 is 21.1 Å². The molecule has 0 aromatic carbocycles. The molecule has 0 amide bonds. The van der Waals surface area contributed by atoms with E-state index in [1.807, 2.05) is 0 Å². The monoisotopic (exact) mass is 285 g/mol. The molecule has 82 valence electrons. The van der Waals surface area contributed by atoms with Gasteiger partial charge in [0.25, 0.3) is 11.9 Å². The molecule has 0 heterocycles. The van der Waals surface area contributed by atoms with Gasteiger partial charge in [0.1, 0.15) is 0 Å². The van der Waals surface area contributed by atoms with Crippen LogP contribution in [0.15, 0.2) is 0 Å². The number of carbonyl (C=O) groups is 3. The maximum absolute atomic E-state index is 9.24. The van der Waals surface area contributed by atoms with E-state index in [1.165, 1.54) is 0 Å². The van der Waals surface area contributed by atoms with E-state index in [-0.39, 0.29) is 32.7 Å². The van der Waals surface area contributed by atoms with Crippen LogP contribution in [-0.4, -0.2) is 39.8 Å². The maximum atomic E-state index is 9.24. The first-order chi connectivity index (χ1) is 5.73. The molecule has 0 aliphatic heterocycles. The van der Waals surface area contributed by atoms with Gasteiger partial charge in [-0.15, -0.1) is 0 Å². The van der Waals surface area contributed by atoms with Crippen molar-refractivity contribution in [1.82, 2.24) is 0 Å². The summed E-state index contributed by atoms with van der Waals surface area (Å²) in [6.07, 6.45) is 0. The van der Waals surface area contributed by atoms with E-state index >= 15 is 0 Å². The number of carboxylic acid groups (broad SMARTS) is 3. The summed E-state index contributed by atoms with van der Waals surface area (Å²) < 4.78 is 0. The van der Waals surface area contributed by atoms with Gasteiger partial charge in [0.15, 0.2) is 0 Å². The first kappa shape index (κ1) is 23.2. The van der Waals surface area contributed by atoms with Crippen LogP contribution in [0.5, 0.6) is 0 Å². The normalized spacial score (nSPS) is 6.21. The average Bonchev–Trinajstić information content (AvgIpc) is 1.84. The zero-order valence-corrected chi connectivity index (χ0v) is 10.3. The van der Waals surface area contributed by atoms with Crippen LogP contribution >= 0.6 is 0 Å². The Balaban J connectivity index is -0.0000000522. The minimum absolute atomic E-state index is 0. The van der Waals surface area contributed by atoms with Crippen molar-refractivity contribution in [2.75, 3.05) is 6.54 Å². The number of carboxylic acids is 3. The first-order valence-electron chi connectivity index (χ1n) is 3.04. The van der Waals surface area contributed by atoms with Crippen molar-refractivity contribution < 1.29 is 55.9 Å². The summed E-state index contributed by atoms with van der Waals surface area (Å²) in [4.78, 5) is 27.2. The Labute approximate surface area is 100 Å². The van der Waals surface area contributed by atoms with Crippen LogP contribution in [0.25, 0.3) is 0 Å². The van der Waals surface area contributed by atoms with E-state index in [2.05, 4.69) is 5.73 Å². The number of nitrogens with two attached hydrogens (primary N) is 1. The fourth-order valence-corrected chi connectivity index (χ4v) is 0. The summed E-state index contributed by atoms with van der Waals surface area (Å²) in [6.45, 7) is 1.89. The Hall–Kier alpha value is -0.747. The molecule has 0 aliphatic rings. The van der Waals surface area contributed by atoms with Crippen molar-refractivity contribution in [1.29, 1.82) is 0 Å². The van der Waals surface area contributed by atoms with Crippen LogP contribution < -0.4 is 5.73 Å². The van der Waals surface area contributed by atoms with Crippen LogP contribution in [-0.2, 0) is 40.6 Å². The molecule has 0 aromatic rings. The van der Waals surface area contributed by atoms with Crippen molar-refractivity contribution in [2.45, 2.75) is 13.8 Å². The summed E-state index contributed by atoms with van der Waals surface area (Å²) in [5.41, 5.74) is 4.57. The Bertz CT molecular complexity index is 152. The molecule has 8 heteroatoms. The average molecular weight is 286 g/mol. The molecule has 7 nitrogen and oxygen atoms in total. The van der Waals surface area contributed by atoms with E-state index in [1.54, 1.807) is 0 Å². The van der Waals surface area contributed by atoms with Crippen LogP contribution in [0.1, 0.15) is 13.8 Å². The van der Waals surface area contributed by atoms with Crippen LogP contribution in [0.4, 0.5) is 0 Å².